The molecule has 96 valence electrons. The summed E-state index contributed by atoms with van der Waals surface area (Å²) in [5.74, 6) is -0.842. The monoisotopic (exact) mass is 247 g/mol. The van der Waals surface area contributed by atoms with Crippen LogP contribution >= 0.6 is 0 Å². The average Bonchev–Trinajstić information content (AvgIpc) is 3.12. The Bertz CT molecular complexity index is 449. The number of aryl methyl sites for hydroxylation is 1. The van der Waals surface area contributed by atoms with Gasteiger partial charge in [0, 0.05) is 5.92 Å². The van der Waals surface area contributed by atoms with Gasteiger partial charge in [-0.2, -0.15) is 0 Å². The van der Waals surface area contributed by atoms with E-state index in [2.05, 4.69) is 5.32 Å². The molecule has 1 amide bonds. The Labute approximate surface area is 106 Å². The van der Waals surface area contributed by atoms with Crippen molar-refractivity contribution in [3.8, 4) is 0 Å². The lowest BCUT2D eigenvalue weighted by Gasteiger charge is -2.17. The van der Waals surface area contributed by atoms with Crippen molar-refractivity contribution in [2.24, 2.45) is 5.92 Å². The predicted octanol–water partition coefficient (Wildman–Crippen LogP) is 2.04. The molecule has 4 heteroatoms. The molecule has 1 aromatic rings. The number of carbonyl (C=O) groups excluding carboxylic acids is 1. The molecule has 0 saturated heterocycles. The van der Waals surface area contributed by atoms with E-state index in [-0.39, 0.29) is 18.2 Å². The maximum Gasteiger partial charge on any atom is 0.305 e. The Morgan fingerprint density at radius 2 is 1.94 bits per heavy atom. The first kappa shape index (κ1) is 12.6. The van der Waals surface area contributed by atoms with E-state index in [0.29, 0.717) is 0 Å². The SMILES string of the molecule is Cc1ccc([C@@H](CC(=O)O)NC(=O)C2CC2)cc1. The summed E-state index contributed by atoms with van der Waals surface area (Å²) in [6, 6.07) is 7.16. The van der Waals surface area contributed by atoms with Crippen molar-refractivity contribution >= 4 is 11.9 Å². The molecule has 0 bridgehead atoms. The third-order valence-corrected chi connectivity index (χ3v) is 3.12. The summed E-state index contributed by atoms with van der Waals surface area (Å²) in [6.45, 7) is 1.97. The Hall–Kier alpha value is -1.84. The Balaban J connectivity index is 2.10. The number of carbonyl (C=O) groups is 2. The molecule has 1 atom stereocenters. The van der Waals surface area contributed by atoms with Gasteiger partial charge in [0.25, 0.3) is 0 Å². The molecule has 0 unspecified atom stereocenters. The van der Waals surface area contributed by atoms with Crippen molar-refractivity contribution in [3.63, 3.8) is 0 Å². The molecule has 0 aliphatic heterocycles. The van der Waals surface area contributed by atoms with Crippen LogP contribution in [0.15, 0.2) is 24.3 Å². The van der Waals surface area contributed by atoms with Crippen LogP contribution in [0.4, 0.5) is 0 Å². The number of aliphatic carboxylic acids is 1. The molecule has 2 rings (SSSR count). The van der Waals surface area contributed by atoms with Gasteiger partial charge < -0.3 is 10.4 Å². The van der Waals surface area contributed by atoms with Gasteiger partial charge in [0.1, 0.15) is 0 Å². The predicted molar refractivity (Wildman–Crippen MR) is 67.0 cm³/mol. The molecule has 0 heterocycles. The quantitative estimate of drug-likeness (QED) is 0.836. The first-order valence-electron chi connectivity index (χ1n) is 6.15. The highest BCUT2D eigenvalue weighted by Crippen LogP contribution is 2.30. The van der Waals surface area contributed by atoms with Crippen LogP contribution in [0, 0.1) is 12.8 Å². The van der Waals surface area contributed by atoms with E-state index in [1.807, 2.05) is 31.2 Å². The number of hydrogen-bond donors (Lipinski definition) is 2. The van der Waals surface area contributed by atoms with Gasteiger partial charge in [-0.1, -0.05) is 29.8 Å². The summed E-state index contributed by atoms with van der Waals surface area (Å²) in [5.41, 5.74) is 1.96. The molecular formula is C14H17NO3. The molecule has 1 aliphatic rings. The largest absolute Gasteiger partial charge is 0.481 e. The highest BCUT2D eigenvalue weighted by molar-refractivity contribution is 5.82. The topological polar surface area (TPSA) is 66.4 Å². The molecular weight excluding hydrogens is 230 g/mol. The molecule has 0 radical (unpaired) electrons. The minimum atomic E-state index is -0.906. The van der Waals surface area contributed by atoms with Gasteiger partial charge in [-0.3, -0.25) is 9.59 Å². The van der Waals surface area contributed by atoms with Gasteiger partial charge in [0.2, 0.25) is 5.91 Å². The molecule has 0 aromatic heterocycles. The highest BCUT2D eigenvalue weighted by Gasteiger charge is 2.31. The number of rotatable bonds is 5. The molecule has 0 spiro atoms. The van der Waals surface area contributed by atoms with Crippen LogP contribution in [0.2, 0.25) is 0 Å². The van der Waals surface area contributed by atoms with E-state index in [1.165, 1.54) is 0 Å². The average molecular weight is 247 g/mol. The standard InChI is InChI=1S/C14H17NO3/c1-9-2-4-10(5-3-9)12(8-13(16)17)15-14(18)11-6-7-11/h2-5,11-12H,6-8H2,1H3,(H,15,18)(H,16,17)/t12-/m1/s1. The number of nitrogens with one attached hydrogen (secondary N) is 1. The normalized spacial score (nSPS) is 16.1. The van der Waals surface area contributed by atoms with Gasteiger partial charge in [-0.15, -0.1) is 0 Å². The van der Waals surface area contributed by atoms with Gasteiger partial charge in [-0.25, -0.2) is 0 Å². The fourth-order valence-electron chi connectivity index (χ4n) is 1.86. The second kappa shape index (κ2) is 5.21. The molecule has 18 heavy (non-hydrogen) atoms. The summed E-state index contributed by atoms with van der Waals surface area (Å²) in [6.07, 6.45) is 1.75. The van der Waals surface area contributed by atoms with Crippen LogP contribution in [-0.2, 0) is 9.59 Å². The van der Waals surface area contributed by atoms with Crippen molar-refractivity contribution in [2.75, 3.05) is 0 Å². The van der Waals surface area contributed by atoms with Crippen LogP contribution < -0.4 is 5.32 Å². The fraction of sp³-hybridized carbons (Fsp3) is 0.429. The summed E-state index contributed by atoms with van der Waals surface area (Å²) in [7, 11) is 0. The second-order valence-corrected chi connectivity index (χ2v) is 4.84. The summed E-state index contributed by atoms with van der Waals surface area (Å²) < 4.78 is 0. The second-order valence-electron chi connectivity index (χ2n) is 4.84. The van der Waals surface area contributed by atoms with E-state index in [9.17, 15) is 9.59 Å². The Morgan fingerprint density at radius 3 is 2.44 bits per heavy atom. The van der Waals surface area contributed by atoms with E-state index >= 15 is 0 Å². The third kappa shape index (κ3) is 3.32. The maximum absolute atomic E-state index is 11.7. The number of carboxylic acid groups (broad SMARTS) is 1. The van der Waals surface area contributed by atoms with Crippen LogP contribution in [0.5, 0.6) is 0 Å². The number of hydrogen-bond acceptors (Lipinski definition) is 2. The van der Waals surface area contributed by atoms with Crippen molar-refractivity contribution in [1.29, 1.82) is 0 Å². The Morgan fingerprint density at radius 1 is 1.33 bits per heavy atom. The minimum Gasteiger partial charge on any atom is -0.481 e. The molecule has 1 aromatic carbocycles. The zero-order valence-corrected chi connectivity index (χ0v) is 10.3. The van der Waals surface area contributed by atoms with Crippen LogP contribution in [0.1, 0.15) is 36.4 Å². The molecule has 1 saturated carbocycles. The van der Waals surface area contributed by atoms with Crippen LogP contribution in [0.25, 0.3) is 0 Å². The lowest BCUT2D eigenvalue weighted by molar-refractivity contribution is -0.137. The van der Waals surface area contributed by atoms with Crippen LogP contribution in [-0.4, -0.2) is 17.0 Å². The minimum absolute atomic E-state index is 0.0261. The molecule has 1 fully saturated rings. The van der Waals surface area contributed by atoms with Crippen molar-refractivity contribution in [3.05, 3.63) is 35.4 Å². The lowest BCUT2D eigenvalue weighted by atomic mass is 10.0. The van der Waals surface area contributed by atoms with E-state index in [1.54, 1.807) is 0 Å². The Kier molecular flexibility index (Phi) is 3.65. The first-order valence-corrected chi connectivity index (χ1v) is 6.15. The zero-order valence-electron chi connectivity index (χ0n) is 10.3. The summed E-state index contributed by atoms with van der Waals surface area (Å²) in [4.78, 5) is 22.6. The summed E-state index contributed by atoms with van der Waals surface area (Å²) >= 11 is 0. The fourth-order valence-corrected chi connectivity index (χ4v) is 1.86. The zero-order chi connectivity index (χ0) is 13.1. The number of carboxylic acids is 1. The van der Waals surface area contributed by atoms with Gasteiger partial charge in [0.15, 0.2) is 0 Å². The van der Waals surface area contributed by atoms with Crippen molar-refractivity contribution in [1.82, 2.24) is 5.32 Å². The summed E-state index contributed by atoms with van der Waals surface area (Å²) in [5, 5.41) is 11.7. The highest BCUT2D eigenvalue weighted by atomic mass is 16.4. The van der Waals surface area contributed by atoms with Gasteiger partial charge in [-0.05, 0) is 25.3 Å². The lowest BCUT2D eigenvalue weighted by Crippen LogP contribution is -2.31. The van der Waals surface area contributed by atoms with Gasteiger partial charge in [0.05, 0.1) is 12.5 Å². The number of amides is 1. The van der Waals surface area contributed by atoms with Gasteiger partial charge >= 0.3 is 5.97 Å². The van der Waals surface area contributed by atoms with Crippen molar-refractivity contribution < 1.29 is 14.7 Å². The van der Waals surface area contributed by atoms with Crippen LogP contribution in [0.3, 0.4) is 0 Å². The number of benzene rings is 1. The first-order chi connectivity index (χ1) is 8.56. The maximum atomic E-state index is 11.7. The van der Waals surface area contributed by atoms with E-state index in [0.717, 1.165) is 24.0 Å². The molecule has 1 aliphatic carbocycles. The third-order valence-electron chi connectivity index (χ3n) is 3.12. The molecule has 4 nitrogen and oxygen atoms in total. The van der Waals surface area contributed by atoms with E-state index < -0.39 is 12.0 Å². The van der Waals surface area contributed by atoms with E-state index in [4.69, 9.17) is 5.11 Å². The van der Waals surface area contributed by atoms with Crippen molar-refractivity contribution in [2.45, 2.75) is 32.2 Å². The molecule has 2 N–H and O–H groups in total. The smallest absolute Gasteiger partial charge is 0.305 e.